The number of rotatable bonds is 3. The molecule has 5 aromatic carbocycles. The molecule has 26 heavy (non-hydrogen) atoms. The Hall–Kier alpha value is -3.08. The first kappa shape index (κ1) is 15.2. The van der Waals surface area contributed by atoms with Crippen LogP contribution in [0.2, 0.25) is 0 Å². The van der Waals surface area contributed by atoms with Gasteiger partial charge >= 0.3 is 7.32 Å². The Morgan fingerprint density at radius 1 is 0.615 bits per heavy atom. The van der Waals surface area contributed by atoms with Crippen molar-refractivity contribution >= 4 is 39.6 Å². The monoisotopic (exact) mass is 338 g/mol. The fraction of sp³-hybridized carbons (Fsp3) is 0. The van der Waals surface area contributed by atoms with Gasteiger partial charge in [0, 0.05) is 10.8 Å². The first-order chi connectivity index (χ1) is 12.7. The van der Waals surface area contributed by atoms with Gasteiger partial charge in [0.05, 0.1) is 0 Å². The molecule has 0 atom stereocenters. The zero-order chi connectivity index (χ0) is 17.7. The van der Waals surface area contributed by atoms with Crippen LogP contribution in [0.3, 0.4) is 0 Å². The molecule has 0 aromatic heterocycles. The fourth-order valence-corrected chi connectivity index (χ4v) is 3.86. The maximum Gasteiger partial charge on any atom is 0.707 e. The van der Waals surface area contributed by atoms with E-state index in [0.29, 0.717) is 5.75 Å². The normalized spacial score (nSPS) is 11.5. The highest BCUT2D eigenvalue weighted by Gasteiger charge is 2.17. The molecule has 5 rings (SSSR count). The zero-order valence-electron chi connectivity index (χ0n) is 13.9. The molecule has 0 aliphatic heterocycles. The van der Waals surface area contributed by atoms with Crippen LogP contribution >= 0.6 is 0 Å². The first-order valence-corrected chi connectivity index (χ1v) is 8.51. The Morgan fingerprint density at radius 3 is 1.96 bits per heavy atom. The number of hydrogen-bond donors (Lipinski definition) is 2. The van der Waals surface area contributed by atoms with E-state index in [-0.39, 0.29) is 0 Å². The van der Waals surface area contributed by atoms with Crippen LogP contribution < -0.4 is 4.65 Å². The minimum atomic E-state index is -1.84. The molecule has 5 aromatic rings. The molecule has 0 unspecified atom stereocenters. The van der Waals surface area contributed by atoms with E-state index in [9.17, 15) is 10.0 Å². The van der Waals surface area contributed by atoms with Gasteiger partial charge in [-0.2, -0.15) is 0 Å². The smallest absolute Gasteiger partial charge is 0.512 e. The predicted molar refractivity (Wildman–Crippen MR) is 106 cm³/mol. The van der Waals surface area contributed by atoms with E-state index in [2.05, 4.69) is 42.5 Å². The highest BCUT2D eigenvalue weighted by Crippen LogP contribution is 2.41. The van der Waals surface area contributed by atoms with E-state index in [1.54, 1.807) is 6.07 Å². The van der Waals surface area contributed by atoms with Crippen molar-refractivity contribution in [1.29, 1.82) is 0 Å². The van der Waals surface area contributed by atoms with Gasteiger partial charge < -0.3 is 14.7 Å². The minimum Gasteiger partial charge on any atom is -0.512 e. The summed E-state index contributed by atoms with van der Waals surface area (Å²) in [6.07, 6.45) is 0. The van der Waals surface area contributed by atoms with Crippen LogP contribution in [0.4, 0.5) is 0 Å². The van der Waals surface area contributed by atoms with Crippen LogP contribution in [-0.4, -0.2) is 17.4 Å². The summed E-state index contributed by atoms with van der Waals surface area (Å²) < 4.78 is 5.20. The Bertz CT molecular complexity index is 1230. The van der Waals surface area contributed by atoms with Crippen LogP contribution in [0.5, 0.6) is 5.75 Å². The molecule has 2 N–H and O–H groups in total. The Morgan fingerprint density at radius 2 is 1.23 bits per heavy atom. The zero-order valence-corrected chi connectivity index (χ0v) is 13.9. The lowest BCUT2D eigenvalue weighted by Crippen LogP contribution is -2.20. The Balaban J connectivity index is 1.91. The summed E-state index contributed by atoms with van der Waals surface area (Å²) in [7, 11) is -1.84. The standard InChI is InChI=1S/C22H15BO3/c24-23(25)26-20-13-9-16-7-11-18-17(14-4-2-1-3-5-14)10-6-15-8-12-19(20)22(16)21(15)18/h1-13,24-25H. The molecule has 3 nitrogen and oxygen atoms in total. The molecule has 124 valence electrons. The Kier molecular flexibility index (Phi) is 3.35. The van der Waals surface area contributed by atoms with E-state index in [0.717, 1.165) is 21.5 Å². The highest BCUT2D eigenvalue weighted by atomic mass is 16.6. The lowest BCUT2D eigenvalue weighted by molar-refractivity contribution is 0.289. The number of benzene rings is 5. The van der Waals surface area contributed by atoms with Gasteiger partial charge in [-0.05, 0) is 38.7 Å². The summed E-state index contributed by atoms with van der Waals surface area (Å²) in [4.78, 5) is 0. The quantitative estimate of drug-likeness (QED) is 0.373. The van der Waals surface area contributed by atoms with Gasteiger partial charge in [0.15, 0.2) is 0 Å². The lowest BCUT2D eigenvalue weighted by Gasteiger charge is -2.16. The summed E-state index contributed by atoms with van der Waals surface area (Å²) in [5.74, 6) is 0.465. The van der Waals surface area contributed by atoms with Crippen LogP contribution in [0.1, 0.15) is 0 Å². The van der Waals surface area contributed by atoms with E-state index < -0.39 is 7.32 Å². The van der Waals surface area contributed by atoms with E-state index in [4.69, 9.17) is 4.65 Å². The summed E-state index contributed by atoms with van der Waals surface area (Å²) in [6.45, 7) is 0. The van der Waals surface area contributed by atoms with E-state index in [1.165, 1.54) is 21.9 Å². The largest absolute Gasteiger partial charge is 0.707 e. The van der Waals surface area contributed by atoms with Crippen molar-refractivity contribution < 1.29 is 14.7 Å². The second kappa shape index (κ2) is 5.73. The Labute approximate surface area is 150 Å². The lowest BCUT2D eigenvalue weighted by atomic mass is 9.89. The maximum atomic E-state index is 9.23. The molecule has 4 heteroatoms. The van der Waals surface area contributed by atoms with Gasteiger partial charge in [0.1, 0.15) is 5.75 Å². The predicted octanol–water partition coefficient (Wildman–Crippen LogP) is 4.60. The third-order valence-electron chi connectivity index (χ3n) is 4.94. The van der Waals surface area contributed by atoms with Crippen LogP contribution in [0, 0.1) is 0 Å². The van der Waals surface area contributed by atoms with Crippen molar-refractivity contribution in [2.45, 2.75) is 0 Å². The molecule has 0 fully saturated rings. The van der Waals surface area contributed by atoms with Crippen LogP contribution in [-0.2, 0) is 0 Å². The average molecular weight is 338 g/mol. The van der Waals surface area contributed by atoms with Gasteiger partial charge in [0.25, 0.3) is 0 Å². The van der Waals surface area contributed by atoms with Gasteiger partial charge in [-0.15, -0.1) is 0 Å². The highest BCUT2D eigenvalue weighted by molar-refractivity contribution is 6.34. The average Bonchev–Trinajstić information content (AvgIpc) is 2.67. The number of hydrogen-bond acceptors (Lipinski definition) is 3. The van der Waals surface area contributed by atoms with Crippen molar-refractivity contribution in [3.05, 3.63) is 78.9 Å². The molecule has 0 saturated carbocycles. The van der Waals surface area contributed by atoms with Crippen LogP contribution in [0.15, 0.2) is 78.9 Å². The molecule has 0 amide bonds. The van der Waals surface area contributed by atoms with Gasteiger partial charge in [-0.1, -0.05) is 72.8 Å². The van der Waals surface area contributed by atoms with Crippen molar-refractivity contribution in [1.82, 2.24) is 0 Å². The van der Waals surface area contributed by atoms with Gasteiger partial charge in [-0.3, -0.25) is 0 Å². The first-order valence-electron chi connectivity index (χ1n) is 8.51. The summed E-state index contributed by atoms with van der Waals surface area (Å²) in [5, 5.41) is 25.0. The van der Waals surface area contributed by atoms with Crippen molar-refractivity contribution in [3.63, 3.8) is 0 Å². The van der Waals surface area contributed by atoms with E-state index in [1.807, 2.05) is 30.3 Å². The second-order valence-corrected chi connectivity index (χ2v) is 6.41. The molecule has 0 aliphatic carbocycles. The molecule has 0 spiro atoms. The second-order valence-electron chi connectivity index (χ2n) is 6.41. The molecule has 0 heterocycles. The van der Waals surface area contributed by atoms with Gasteiger partial charge in [-0.25, -0.2) is 0 Å². The molecule has 0 radical (unpaired) electrons. The molecular formula is C22H15BO3. The summed E-state index contributed by atoms with van der Waals surface area (Å²) in [5.41, 5.74) is 2.36. The van der Waals surface area contributed by atoms with E-state index >= 15 is 0 Å². The molecular weight excluding hydrogens is 323 g/mol. The van der Waals surface area contributed by atoms with Crippen LogP contribution in [0.25, 0.3) is 43.4 Å². The molecule has 0 aliphatic rings. The van der Waals surface area contributed by atoms with Gasteiger partial charge in [0.2, 0.25) is 0 Å². The minimum absolute atomic E-state index is 0.465. The topological polar surface area (TPSA) is 49.7 Å². The SMILES string of the molecule is OB(O)Oc1ccc2ccc3c(-c4ccccc4)ccc4ccc1c2c43. The summed E-state index contributed by atoms with van der Waals surface area (Å²) >= 11 is 0. The third-order valence-corrected chi connectivity index (χ3v) is 4.94. The molecule has 0 saturated heterocycles. The summed E-state index contributed by atoms with van der Waals surface area (Å²) in [6, 6.07) is 26.7. The maximum absolute atomic E-state index is 9.23. The fourth-order valence-electron chi connectivity index (χ4n) is 3.86. The third kappa shape index (κ3) is 2.24. The molecule has 0 bridgehead atoms. The van der Waals surface area contributed by atoms with Crippen molar-refractivity contribution in [3.8, 4) is 16.9 Å². The van der Waals surface area contributed by atoms with Crippen molar-refractivity contribution in [2.24, 2.45) is 0 Å². The van der Waals surface area contributed by atoms with Crippen molar-refractivity contribution in [2.75, 3.05) is 0 Å².